The lowest BCUT2D eigenvalue weighted by Crippen LogP contribution is -2.51. The van der Waals surface area contributed by atoms with Crippen LogP contribution in [0.1, 0.15) is 25.6 Å². The topological polar surface area (TPSA) is 94.7 Å². The largest absolute Gasteiger partial charge is 0.398 e. The minimum atomic E-state index is -0.781. The summed E-state index contributed by atoms with van der Waals surface area (Å²) in [6.45, 7) is 3.46. The van der Waals surface area contributed by atoms with E-state index in [1.54, 1.807) is 16.6 Å². The van der Waals surface area contributed by atoms with Gasteiger partial charge in [0.1, 0.15) is 5.82 Å². The number of nitrogens with zero attached hydrogens (tertiary/aromatic N) is 4. The molecule has 0 unspecified atom stereocenters. The average molecular weight is 479 g/mol. The van der Waals surface area contributed by atoms with Crippen LogP contribution in [0.3, 0.4) is 0 Å². The van der Waals surface area contributed by atoms with E-state index in [0.29, 0.717) is 39.1 Å². The van der Waals surface area contributed by atoms with Crippen molar-refractivity contribution in [3.05, 3.63) is 40.1 Å². The summed E-state index contributed by atoms with van der Waals surface area (Å²) in [5.74, 6) is 0.853. The van der Waals surface area contributed by atoms with Crippen molar-refractivity contribution in [1.29, 1.82) is 0 Å². The van der Waals surface area contributed by atoms with Crippen LogP contribution in [0.2, 0.25) is 10.0 Å². The fraction of sp³-hybridized carbons (Fsp3) is 0.455. The van der Waals surface area contributed by atoms with Gasteiger partial charge in [-0.25, -0.2) is 9.37 Å². The number of ether oxygens (including phenoxy) is 1. The third-order valence-electron chi connectivity index (χ3n) is 6.94. The van der Waals surface area contributed by atoms with E-state index in [1.165, 1.54) is 0 Å². The molecular formula is C22H25Cl2FN6O. The van der Waals surface area contributed by atoms with Gasteiger partial charge in [0.15, 0.2) is 18.1 Å². The van der Waals surface area contributed by atoms with Gasteiger partial charge in [-0.2, -0.15) is 4.52 Å². The third kappa shape index (κ3) is 3.32. The van der Waals surface area contributed by atoms with E-state index in [9.17, 15) is 4.39 Å². The number of hydrogen-bond acceptors (Lipinski definition) is 6. The maximum absolute atomic E-state index is 13.5. The Morgan fingerprint density at radius 1 is 1.28 bits per heavy atom. The highest BCUT2D eigenvalue weighted by molar-refractivity contribution is 6.44. The first kappa shape index (κ1) is 21.7. The van der Waals surface area contributed by atoms with E-state index >= 15 is 0 Å². The molecule has 3 aromatic rings. The predicted octanol–water partition coefficient (Wildman–Crippen LogP) is 4.09. The molecule has 0 radical (unpaired) electrons. The number of alkyl halides is 1. The molecule has 4 heterocycles. The van der Waals surface area contributed by atoms with E-state index in [2.05, 4.69) is 15.0 Å². The summed E-state index contributed by atoms with van der Waals surface area (Å²) in [6, 6.07) is 7.18. The van der Waals surface area contributed by atoms with Gasteiger partial charge in [-0.1, -0.05) is 35.3 Å². The lowest BCUT2D eigenvalue weighted by molar-refractivity contribution is 0.0974. The summed E-state index contributed by atoms with van der Waals surface area (Å²) in [6.07, 6.45) is 1.85. The average Bonchev–Trinajstić information content (AvgIpc) is 3.34. The number of nitrogens with two attached hydrogens (primary N) is 2. The van der Waals surface area contributed by atoms with Gasteiger partial charge in [-0.3, -0.25) is 0 Å². The Labute approximate surface area is 195 Å². The maximum Gasteiger partial charge on any atom is 0.182 e. The summed E-state index contributed by atoms with van der Waals surface area (Å²) in [4.78, 5) is 6.61. The van der Waals surface area contributed by atoms with Gasteiger partial charge in [0.05, 0.1) is 28.3 Å². The summed E-state index contributed by atoms with van der Waals surface area (Å²) < 4.78 is 21.0. The quantitative estimate of drug-likeness (QED) is 0.588. The highest BCUT2D eigenvalue weighted by Crippen LogP contribution is 2.44. The second-order valence-electron chi connectivity index (χ2n) is 8.72. The van der Waals surface area contributed by atoms with Crippen LogP contribution in [-0.2, 0) is 11.4 Å². The fourth-order valence-electron chi connectivity index (χ4n) is 4.99. The summed E-state index contributed by atoms with van der Waals surface area (Å²) in [7, 11) is 0. The van der Waals surface area contributed by atoms with Crippen LogP contribution in [0, 0.1) is 5.41 Å². The van der Waals surface area contributed by atoms with Crippen molar-refractivity contribution in [3.8, 4) is 11.1 Å². The van der Waals surface area contributed by atoms with Gasteiger partial charge in [0, 0.05) is 41.9 Å². The van der Waals surface area contributed by atoms with Gasteiger partial charge in [0.25, 0.3) is 0 Å². The summed E-state index contributed by atoms with van der Waals surface area (Å²) in [5, 5.41) is 5.18. The number of benzene rings is 1. The van der Waals surface area contributed by atoms with E-state index < -0.39 is 6.67 Å². The summed E-state index contributed by atoms with van der Waals surface area (Å²) in [5.41, 5.74) is 15.1. The molecule has 32 heavy (non-hydrogen) atoms. The number of halogens is 3. The molecule has 0 aliphatic carbocycles. The predicted molar refractivity (Wildman–Crippen MR) is 125 cm³/mol. The number of piperidine rings is 1. The molecule has 170 valence electrons. The Kier molecular flexibility index (Phi) is 5.44. The van der Waals surface area contributed by atoms with Gasteiger partial charge in [-0.05, 0) is 25.8 Å². The minimum Gasteiger partial charge on any atom is -0.398 e. The highest BCUT2D eigenvalue weighted by atomic mass is 35.5. The zero-order valence-electron chi connectivity index (χ0n) is 17.7. The highest BCUT2D eigenvalue weighted by Gasteiger charge is 2.47. The number of nitrogen functional groups attached to an aromatic ring is 1. The molecule has 2 aliphatic heterocycles. The molecule has 4 N–H and O–H groups in total. The monoisotopic (exact) mass is 478 g/mol. The van der Waals surface area contributed by atoms with Crippen molar-refractivity contribution in [1.82, 2.24) is 14.6 Å². The normalized spacial score (nSPS) is 22.8. The molecule has 2 saturated heterocycles. The Morgan fingerprint density at radius 3 is 2.69 bits per heavy atom. The third-order valence-corrected chi connectivity index (χ3v) is 7.75. The van der Waals surface area contributed by atoms with Crippen LogP contribution in [0.5, 0.6) is 0 Å². The molecule has 5 rings (SSSR count). The van der Waals surface area contributed by atoms with Crippen molar-refractivity contribution in [2.24, 2.45) is 11.1 Å². The number of aromatic nitrogens is 3. The molecule has 0 saturated carbocycles. The molecule has 7 nitrogen and oxygen atoms in total. The molecular weight excluding hydrogens is 454 g/mol. The lowest BCUT2D eigenvalue weighted by atomic mass is 9.73. The number of anilines is 2. The SMILES string of the molecule is C[C@@H]1OCC2(CCN(c3cc(N)c(-c4cccc(Cl)c4Cl)c4nc(CF)nn34)CC2)[C@@H]1N. The van der Waals surface area contributed by atoms with Crippen LogP contribution in [0.25, 0.3) is 16.8 Å². The molecule has 1 spiro atoms. The lowest BCUT2D eigenvalue weighted by Gasteiger charge is -2.42. The Bertz CT molecular complexity index is 1180. The first-order valence-corrected chi connectivity index (χ1v) is 11.4. The number of hydrogen-bond donors (Lipinski definition) is 2. The Hall–Kier alpha value is -2.13. The Balaban J connectivity index is 1.57. The van der Waals surface area contributed by atoms with Gasteiger partial charge >= 0.3 is 0 Å². The van der Waals surface area contributed by atoms with Crippen LogP contribution < -0.4 is 16.4 Å². The molecule has 2 aliphatic rings. The van der Waals surface area contributed by atoms with E-state index in [4.69, 9.17) is 39.4 Å². The first-order valence-electron chi connectivity index (χ1n) is 10.7. The Morgan fingerprint density at radius 2 is 2.03 bits per heavy atom. The van der Waals surface area contributed by atoms with Gasteiger partial charge < -0.3 is 21.1 Å². The minimum absolute atomic E-state index is 0.0126. The molecule has 1 aromatic carbocycles. The number of pyridine rings is 1. The molecule has 2 aromatic heterocycles. The van der Waals surface area contributed by atoms with Crippen molar-refractivity contribution < 1.29 is 9.13 Å². The standard InChI is InChI=1S/C22H25Cl2FN6O/c1-12-20(27)22(11-32-12)5-7-30(8-6-22)17-9-15(26)18(13-3-2-4-14(23)19(13)24)21-28-16(10-25)29-31(17)21/h2-4,9,12,20H,5-8,10-11,26-27H2,1H3/t12-,20+/m0/s1. The zero-order chi connectivity index (χ0) is 22.6. The summed E-state index contributed by atoms with van der Waals surface area (Å²) >= 11 is 12.7. The van der Waals surface area contributed by atoms with E-state index in [-0.39, 0.29) is 23.4 Å². The van der Waals surface area contributed by atoms with Crippen molar-refractivity contribution in [3.63, 3.8) is 0 Å². The smallest absolute Gasteiger partial charge is 0.182 e. The molecule has 0 amide bonds. The van der Waals surface area contributed by atoms with Crippen LogP contribution in [0.4, 0.5) is 15.9 Å². The maximum atomic E-state index is 13.5. The van der Waals surface area contributed by atoms with Crippen LogP contribution >= 0.6 is 23.2 Å². The van der Waals surface area contributed by atoms with E-state index in [0.717, 1.165) is 31.7 Å². The van der Waals surface area contributed by atoms with Crippen molar-refractivity contribution >= 4 is 40.4 Å². The van der Waals surface area contributed by atoms with Gasteiger partial charge in [0.2, 0.25) is 0 Å². The number of rotatable bonds is 3. The zero-order valence-corrected chi connectivity index (χ0v) is 19.2. The van der Waals surface area contributed by atoms with Gasteiger partial charge in [-0.15, -0.1) is 5.10 Å². The van der Waals surface area contributed by atoms with E-state index in [1.807, 2.05) is 19.1 Å². The second-order valence-corrected chi connectivity index (χ2v) is 9.51. The second kappa shape index (κ2) is 8.02. The molecule has 0 bridgehead atoms. The number of fused-ring (bicyclic) bond motifs is 1. The van der Waals surface area contributed by atoms with Crippen molar-refractivity contribution in [2.45, 2.75) is 38.6 Å². The van der Waals surface area contributed by atoms with Crippen LogP contribution in [0.15, 0.2) is 24.3 Å². The molecule has 10 heteroatoms. The van der Waals surface area contributed by atoms with Crippen molar-refractivity contribution in [2.75, 3.05) is 30.3 Å². The fourth-order valence-corrected chi connectivity index (χ4v) is 5.38. The van der Waals surface area contributed by atoms with Crippen LogP contribution in [-0.4, -0.2) is 46.4 Å². The molecule has 2 fully saturated rings. The first-order chi connectivity index (χ1) is 15.3. The molecule has 2 atom stereocenters.